The lowest BCUT2D eigenvalue weighted by Crippen LogP contribution is -2.50. The number of para-hydroxylation sites is 1. The zero-order valence-corrected chi connectivity index (χ0v) is 17.5. The predicted octanol–water partition coefficient (Wildman–Crippen LogP) is 3.97. The molecular formula is C26H23N3O3. The Morgan fingerprint density at radius 3 is 2.88 bits per heavy atom. The number of hydrogen-bond acceptors (Lipinski definition) is 4. The third kappa shape index (κ3) is 2.83. The number of nitrogens with one attached hydrogen (secondary N) is 2. The number of carbonyl (C=O) groups excluding carboxylic acids is 1. The van der Waals surface area contributed by atoms with Crippen LogP contribution in [0.1, 0.15) is 22.9 Å². The molecule has 160 valence electrons. The molecule has 2 N–H and O–H groups in total. The number of fused-ring (bicyclic) bond motifs is 4. The third-order valence-corrected chi connectivity index (χ3v) is 6.47. The molecule has 0 aliphatic carbocycles. The summed E-state index contributed by atoms with van der Waals surface area (Å²) in [5, 5.41) is 4.66. The van der Waals surface area contributed by atoms with Gasteiger partial charge < -0.3 is 24.7 Å². The van der Waals surface area contributed by atoms with Crippen molar-refractivity contribution in [1.82, 2.24) is 15.2 Å². The Hall–Kier alpha value is -3.93. The highest BCUT2D eigenvalue weighted by atomic mass is 16.7. The summed E-state index contributed by atoms with van der Waals surface area (Å²) in [6, 6.07) is 13.8. The molecule has 3 aliphatic rings. The van der Waals surface area contributed by atoms with E-state index < -0.39 is 0 Å². The van der Waals surface area contributed by atoms with E-state index in [0.717, 1.165) is 34.8 Å². The highest BCUT2D eigenvalue weighted by Crippen LogP contribution is 2.44. The van der Waals surface area contributed by atoms with Crippen molar-refractivity contribution in [1.29, 1.82) is 0 Å². The van der Waals surface area contributed by atoms with Crippen LogP contribution in [0, 0.1) is 0 Å². The number of ether oxygens (including phenoxy) is 2. The highest BCUT2D eigenvalue weighted by molar-refractivity contribution is 5.91. The number of amides is 1. The molecule has 0 bridgehead atoms. The van der Waals surface area contributed by atoms with Crippen LogP contribution in [0.2, 0.25) is 0 Å². The second kappa shape index (κ2) is 7.34. The maximum absolute atomic E-state index is 13.3. The van der Waals surface area contributed by atoms with E-state index in [1.54, 1.807) is 0 Å². The summed E-state index contributed by atoms with van der Waals surface area (Å²) in [5.74, 6) is 1.31. The number of rotatable bonds is 3. The molecule has 0 radical (unpaired) electrons. The number of aromatic nitrogens is 1. The van der Waals surface area contributed by atoms with Crippen LogP contribution in [-0.2, 0) is 11.2 Å². The van der Waals surface area contributed by atoms with Gasteiger partial charge in [-0.05, 0) is 41.5 Å². The van der Waals surface area contributed by atoms with Gasteiger partial charge in [0.25, 0.3) is 0 Å². The second-order valence-corrected chi connectivity index (χ2v) is 8.18. The van der Waals surface area contributed by atoms with Crippen molar-refractivity contribution in [2.24, 2.45) is 0 Å². The Morgan fingerprint density at radius 2 is 2.03 bits per heavy atom. The van der Waals surface area contributed by atoms with Gasteiger partial charge in [-0.15, -0.1) is 0 Å². The lowest BCUT2D eigenvalue weighted by molar-refractivity contribution is -0.130. The van der Waals surface area contributed by atoms with Gasteiger partial charge in [-0.3, -0.25) is 4.79 Å². The van der Waals surface area contributed by atoms with Crippen molar-refractivity contribution < 1.29 is 14.3 Å². The molecule has 0 saturated heterocycles. The van der Waals surface area contributed by atoms with Crippen molar-refractivity contribution in [2.45, 2.75) is 18.5 Å². The molecule has 0 saturated carbocycles. The molecule has 6 nitrogen and oxygen atoms in total. The molecule has 1 aromatic heterocycles. The van der Waals surface area contributed by atoms with Crippen molar-refractivity contribution in [3.05, 3.63) is 95.9 Å². The normalized spacial score (nSPS) is 21.1. The molecule has 2 aromatic carbocycles. The minimum atomic E-state index is -0.315. The summed E-state index contributed by atoms with van der Waals surface area (Å²) in [5.41, 5.74) is 5.33. The zero-order chi connectivity index (χ0) is 21.7. The fourth-order valence-corrected chi connectivity index (χ4v) is 5.05. The number of aromatic amines is 1. The van der Waals surface area contributed by atoms with E-state index in [4.69, 9.17) is 9.47 Å². The van der Waals surface area contributed by atoms with Crippen LogP contribution < -0.4 is 14.8 Å². The molecule has 32 heavy (non-hydrogen) atoms. The van der Waals surface area contributed by atoms with Gasteiger partial charge in [0.15, 0.2) is 11.5 Å². The first-order valence-electron chi connectivity index (χ1n) is 10.8. The predicted molar refractivity (Wildman–Crippen MR) is 122 cm³/mol. The summed E-state index contributed by atoms with van der Waals surface area (Å²) in [6.07, 6.45) is 8.29. The van der Waals surface area contributed by atoms with Crippen LogP contribution in [0.25, 0.3) is 10.9 Å². The Morgan fingerprint density at radius 1 is 1.16 bits per heavy atom. The van der Waals surface area contributed by atoms with Crippen LogP contribution in [0.5, 0.6) is 11.5 Å². The molecule has 3 aromatic rings. The fraction of sp³-hybridized carbons (Fsp3) is 0.192. The molecule has 2 unspecified atom stereocenters. The second-order valence-electron chi connectivity index (χ2n) is 8.18. The largest absolute Gasteiger partial charge is 0.454 e. The van der Waals surface area contributed by atoms with Crippen LogP contribution in [0.3, 0.4) is 0 Å². The SMILES string of the molecule is C=CC(=O)N1C(C2=CC=CCN2)Cc2c([nH]c3ccccc23)C1c1ccc2c(c1)OCO2. The summed E-state index contributed by atoms with van der Waals surface area (Å²) in [7, 11) is 0. The number of nitrogens with zero attached hydrogens (tertiary/aromatic N) is 1. The number of benzene rings is 2. The number of hydrogen-bond donors (Lipinski definition) is 2. The maximum atomic E-state index is 13.3. The highest BCUT2D eigenvalue weighted by Gasteiger charge is 2.41. The molecule has 0 fully saturated rings. The van der Waals surface area contributed by atoms with Crippen molar-refractivity contribution in [3.8, 4) is 11.5 Å². The van der Waals surface area contributed by atoms with E-state index in [9.17, 15) is 4.79 Å². The fourth-order valence-electron chi connectivity index (χ4n) is 5.05. The van der Waals surface area contributed by atoms with Gasteiger partial charge in [0, 0.05) is 35.3 Å². The van der Waals surface area contributed by atoms with Crippen LogP contribution >= 0.6 is 0 Å². The summed E-state index contributed by atoms with van der Waals surface area (Å²) in [4.78, 5) is 18.9. The zero-order valence-electron chi connectivity index (χ0n) is 17.5. The summed E-state index contributed by atoms with van der Waals surface area (Å²) >= 11 is 0. The Labute approximate surface area is 185 Å². The molecular weight excluding hydrogens is 402 g/mol. The molecule has 6 rings (SSSR count). The molecule has 2 atom stereocenters. The van der Waals surface area contributed by atoms with E-state index in [-0.39, 0.29) is 24.8 Å². The number of dihydropyridines is 1. The topological polar surface area (TPSA) is 66.6 Å². The van der Waals surface area contributed by atoms with Crippen LogP contribution in [0.4, 0.5) is 0 Å². The first-order valence-corrected chi connectivity index (χ1v) is 10.8. The van der Waals surface area contributed by atoms with Gasteiger partial charge in [0.2, 0.25) is 12.7 Å². The van der Waals surface area contributed by atoms with Gasteiger partial charge in [0.1, 0.15) is 0 Å². The number of allylic oxidation sites excluding steroid dienone is 2. The Balaban J connectivity index is 1.59. The monoisotopic (exact) mass is 425 g/mol. The number of carbonyl (C=O) groups is 1. The van der Waals surface area contributed by atoms with Gasteiger partial charge in [0.05, 0.1) is 12.1 Å². The summed E-state index contributed by atoms with van der Waals surface area (Å²) < 4.78 is 11.2. The van der Waals surface area contributed by atoms with Gasteiger partial charge in [-0.2, -0.15) is 0 Å². The molecule has 1 amide bonds. The van der Waals surface area contributed by atoms with Crippen LogP contribution in [-0.4, -0.2) is 35.2 Å². The van der Waals surface area contributed by atoms with E-state index in [1.165, 1.54) is 17.0 Å². The van der Waals surface area contributed by atoms with E-state index in [2.05, 4.69) is 47.2 Å². The first kappa shape index (κ1) is 18.8. The maximum Gasteiger partial charge on any atom is 0.247 e. The van der Waals surface area contributed by atoms with E-state index in [0.29, 0.717) is 12.2 Å². The standard InChI is InChI=1S/C26H23N3O3/c1-2-24(30)29-21(20-9-5-6-12-27-20)14-18-17-7-3-4-8-19(17)28-25(18)26(29)16-10-11-22-23(13-16)32-15-31-22/h2-11,13,21,26-28H,1,12,14-15H2. The van der Waals surface area contributed by atoms with Crippen molar-refractivity contribution >= 4 is 16.8 Å². The van der Waals surface area contributed by atoms with Crippen molar-refractivity contribution in [2.75, 3.05) is 13.3 Å². The average molecular weight is 425 g/mol. The van der Waals surface area contributed by atoms with E-state index in [1.807, 2.05) is 35.2 Å². The van der Waals surface area contributed by atoms with Gasteiger partial charge in [-0.25, -0.2) is 0 Å². The van der Waals surface area contributed by atoms with Gasteiger partial charge >= 0.3 is 0 Å². The minimum Gasteiger partial charge on any atom is -0.454 e. The van der Waals surface area contributed by atoms with Gasteiger partial charge in [-0.1, -0.05) is 43.0 Å². The molecule has 3 aliphatic heterocycles. The Bertz CT molecular complexity index is 1300. The lowest BCUT2D eigenvalue weighted by Gasteiger charge is -2.43. The average Bonchev–Trinajstić information content (AvgIpc) is 3.46. The smallest absolute Gasteiger partial charge is 0.247 e. The quantitative estimate of drug-likeness (QED) is 0.624. The van der Waals surface area contributed by atoms with Crippen LogP contribution in [0.15, 0.2) is 79.0 Å². The first-order chi connectivity index (χ1) is 15.7. The Kier molecular flexibility index (Phi) is 4.31. The minimum absolute atomic E-state index is 0.112. The molecule has 4 heterocycles. The molecule has 6 heteroatoms. The van der Waals surface area contributed by atoms with E-state index >= 15 is 0 Å². The third-order valence-electron chi connectivity index (χ3n) is 6.47. The molecule has 0 spiro atoms. The summed E-state index contributed by atoms with van der Waals surface area (Å²) in [6.45, 7) is 4.75. The number of H-pyrrole nitrogens is 1. The lowest BCUT2D eigenvalue weighted by atomic mass is 9.86. The van der Waals surface area contributed by atoms with Crippen molar-refractivity contribution in [3.63, 3.8) is 0 Å².